The number of aryl methyl sites for hydroxylation is 1. The average Bonchev–Trinajstić information content (AvgIpc) is 2.93. The second-order valence-corrected chi connectivity index (χ2v) is 5.81. The summed E-state index contributed by atoms with van der Waals surface area (Å²) in [5, 5.41) is 8.62. The molecule has 2 aromatic rings. The molecular formula is C16H21N3O2S. The Kier molecular flexibility index (Phi) is 5.77. The van der Waals surface area contributed by atoms with Crippen LogP contribution in [-0.2, 0) is 6.54 Å². The summed E-state index contributed by atoms with van der Waals surface area (Å²) >= 11 is 1.55. The molecule has 5 nitrogen and oxygen atoms in total. The van der Waals surface area contributed by atoms with Crippen molar-refractivity contribution in [2.75, 3.05) is 6.61 Å². The number of ether oxygens (including phenoxy) is 1. The van der Waals surface area contributed by atoms with E-state index in [0.29, 0.717) is 13.2 Å². The van der Waals surface area contributed by atoms with Crippen LogP contribution in [0.2, 0.25) is 0 Å². The van der Waals surface area contributed by atoms with Crippen molar-refractivity contribution in [1.29, 1.82) is 0 Å². The van der Waals surface area contributed by atoms with Crippen molar-refractivity contribution in [3.8, 4) is 5.75 Å². The van der Waals surface area contributed by atoms with E-state index in [1.165, 1.54) is 0 Å². The molecule has 1 atom stereocenters. The summed E-state index contributed by atoms with van der Waals surface area (Å²) in [6.45, 7) is 6.83. The van der Waals surface area contributed by atoms with Crippen LogP contribution < -0.4 is 15.4 Å². The van der Waals surface area contributed by atoms with Gasteiger partial charge >= 0.3 is 6.03 Å². The van der Waals surface area contributed by atoms with Gasteiger partial charge in [-0.25, -0.2) is 9.78 Å². The number of nitrogens with zero attached hydrogens (tertiary/aromatic N) is 1. The highest BCUT2D eigenvalue weighted by molar-refractivity contribution is 7.09. The van der Waals surface area contributed by atoms with Crippen molar-refractivity contribution in [1.82, 2.24) is 15.6 Å². The summed E-state index contributed by atoms with van der Waals surface area (Å²) in [5.41, 5.74) is 1.93. The van der Waals surface area contributed by atoms with Gasteiger partial charge in [0.1, 0.15) is 10.8 Å². The van der Waals surface area contributed by atoms with Gasteiger partial charge in [-0.3, -0.25) is 0 Å². The number of urea groups is 1. The Morgan fingerprint density at radius 1 is 1.41 bits per heavy atom. The number of hydrogen-bond acceptors (Lipinski definition) is 4. The van der Waals surface area contributed by atoms with Gasteiger partial charge in [0, 0.05) is 23.2 Å². The van der Waals surface area contributed by atoms with Crippen molar-refractivity contribution in [2.24, 2.45) is 0 Å². The number of aromatic nitrogens is 1. The topological polar surface area (TPSA) is 63.2 Å². The van der Waals surface area contributed by atoms with Crippen LogP contribution in [0.3, 0.4) is 0 Å². The first kappa shape index (κ1) is 16.3. The van der Waals surface area contributed by atoms with Crippen LogP contribution in [0.15, 0.2) is 29.6 Å². The third-order valence-corrected chi connectivity index (χ3v) is 4.21. The Morgan fingerprint density at radius 2 is 2.18 bits per heavy atom. The van der Waals surface area contributed by atoms with Crippen molar-refractivity contribution in [3.63, 3.8) is 0 Å². The minimum Gasteiger partial charge on any atom is -0.494 e. The molecule has 2 amide bonds. The molecule has 1 aromatic heterocycles. The van der Waals surface area contributed by atoms with E-state index in [9.17, 15) is 4.79 Å². The Bertz CT molecular complexity index is 627. The van der Waals surface area contributed by atoms with Crippen molar-refractivity contribution in [2.45, 2.75) is 33.4 Å². The number of carbonyl (C=O) groups excluding carboxylic acids is 1. The first-order valence-corrected chi connectivity index (χ1v) is 8.15. The molecule has 0 aliphatic heterocycles. The highest BCUT2D eigenvalue weighted by Gasteiger charge is 2.12. The van der Waals surface area contributed by atoms with Gasteiger partial charge in [-0.1, -0.05) is 18.2 Å². The van der Waals surface area contributed by atoms with Crippen molar-refractivity contribution >= 4 is 17.4 Å². The zero-order valence-corrected chi connectivity index (χ0v) is 13.9. The van der Waals surface area contributed by atoms with E-state index in [1.54, 1.807) is 11.3 Å². The Hall–Kier alpha value is -2.08. The van der Waals surface area contributed by atoms with E-state index in [4.69, 9.17) is 4.74 Å². The Balaban J connectivity index is 1.88. The summed E-state index contributed by atoms with van der Waals surface area (Å²) in [6, 6.07) is 7.37. The molecule has 0 fully saturated rings. The largest absolute Gasteiger partial charge is 0.494 e. The molecule has 1 heterocycles. The maximum absolute atomic E-state index is 12.0. The summed E-state index contributed by atoms with van der Waals surface area (Å²) in [6.07, 6.45) is 0. The van der Waals surface area contributed by atoms with Crippen LogP contribution in [0, 0.1) is 6.92 Å². The van der Waals surface area contributed by atoms with Crippen LogP contribution in [0.25, 0.3) is 0 Å². The zero-order valence-electron chi connectivity index (χ0n) is 13.1. The fourth-order valence-corrected chi connectivity index (χ4v) is 2.81. The van der Waals surface area contributed by atoms with E-state index in [2.05, 4.69) is 15.6 Å². The van der Waals surface area contributed by atoms with Gasteiger partial charge in [-0.15, -0.1) is 11.3 Å². The fraction of sp³-hybridized carbons (Fsp3) is 0.375. The maximum atomic E-state index is 12.0. The van der Waals surface area contributed by atoms with Gasteiger partial charge in [0.05, 0.1) is 12.6 Å². The molecule has 1 aromatic carbocycles. The summed E-state index contributed by atoms with van der Waals surface area (Å²) in [7, 11) is 0. The summed E-state index contributed by atoms with van der Waals surface area (Å²) in [4.78, 5) is 16.4. The fourth-order valence-electron chi connectivity index (χ4n) is 2.00. The molecular weight excluding hydrogens is 298 g/mol. The van der Waals surface area contributed by atoms with E-state index in [-0.39, 0.29) is 12.1 Å². The first-order valence-electron chi connectivity index (χ1n) is 7.27. The average molecular weight is 319 g/mol. The number of para-hydroxylation sites is 1. The summed E-state index contributed by atoms with van der Waals surface area (Å²) in [5.74, 6) is 0.800. The number of benzene rings is 1. The molecule has 2 N–H and O–H groups in total. The Morgan fingerprint density at radius 3 is 2.86 bits per heavy atom. The zero-order chi connectivity index (χ0) is 15.9. The highest BCUT2D eigenvalue weighted by atomic mass is 32.1. The smallest absolute Gasteiger partial charge is 0.315 e. The van der Waals surface area contributed by atoms with Gasteiger partial charge in [-0.05, 0) is 26.8 Å². The molecule has 0 radical (unpaired) electrons. The normalized spacial score (nSPS) is 11.8. The predicted molar refractivity (Wildman–Crippen MR) is 88.2 cm³/mol. The SMILES string of the molecule is CCOc1ccccc1CNC(=O)N[C@@H](C)c1nc(C)cs1. The van der Waals surface area contributed by atoms with Crippen molar-refractivity contribution < 1.29 is 9.53 Å². The lowest BCUT2D eigenvalue weighted by molar-refractivity contribution is 0.237. The standard InChI is InChI=1S/C16H21N3O2S/c1-4-21-14-8-6-5-7-13(14)9-17-16(20)19-12(3)15-18-11(2)10-22-15/h5-8,10,12H,4,9H2,1-3H3,(H2,17,19,20)/t12-/m0/s1. The molecule has 0 aliphatic rings. The van der Waals surface area contributed by atoms with Crippen LogP contribution >= 0.6 is 11.3 Å². The van der Waals surface area contributed by atoms with E-state index < -0.39 is 0 Å². The molecule has 6 heteroatoms. The van der Waals surface area contributed by atoms with Crippen LogP contribution in [0.1, 0.15) is 36.2 Å². The number of nitrogens with one attached hydrogen (secondary N) is 2. The van der Waals surface area contributed by atoms with E-state index in [0.717, 1.165) is 22.0 Å². The monoisotopic (exact) mass is 319 g/mol. The lowest BCUT2D eigenvalue weighted by Gasteiger charge is -2.14. The number of hydrogen-bond donors (Lipinski definition) is 2. The molecule has 0 spiro atoms. The number of amides is 2. The van der Waals surface area contributed by atoms with Gasteiger partial charge in [-0.2, -0.15) is 0 Å². The van der Waals surface area contributed by atoms with Crippen LogP contribution in [0.5, 0.6) is 5.75 Å². The van der Waals surface area contributed by atoms with Gasteiger partial charge < -0.3 is 15.4 Å². The molecule has 0 saturated heterocycles. The third-order valence-electron chi connectivity index (χ3n) is 3.07. The first-order chi connectivity index (χ1) is 10.6. The maximum Gasteiger partial charge on any atom is 0.315 e. The van der Waals surface area contributed by atoms with Crippen molar-refractivity contribution in [3.05, 3.63) is 45.9 Å². The molecule has 0 bridgehead atoms. The minimum atomic E-state index is -0.216. The number of rotatable bonds is 6. The molecule has 0 unspecified atom stereocenters. The highest BCUT2D eigenvalue weighted by Crippen LogP contribution is 2.18. The molecule has 2 rings (SSSR count). The number of thiazole rings is 1. The minimum absolute atomic E-state index is 0.110. The van der Waals surface area contributed by atoms with E-state index in [1.807, 2.05) is 50.4 Å². The van der Waals surface area contributed by atoms with Crippen LogP contribution in [-0.4, -0.2) is 17.6 Å². The second-order valence-electron chi connectivity index (χ2n) is 4.92. The summed E-state index contributed by atoms with van der Waals surface area (Å²) < 4.78 is 5.54. The molecule has 118 valence electrons. The lowest BCUT2D eigenvalue weighted by atomic mass is 10.2. The molecule has 22 heavy (non-hydrogen) atoms. The lowest BCUT2D eigenvalue weighted by Crippen LogP contribution is -2.36. The van der Waals surface area contributed by atoms with Gasteiger partial charge in [0.2, 0.25) is 0 Å². The number of carbonyl (C=O) groups is 1. The van der Waals surface area contributed by atoms with Gasteiger partial charge in [0.25, 0.3) is 0 Å². The van der Waals surface area contributed by atoms with E-state index >= 15 is 0 Å². The predicted octanol–water partition coefficient (Wildman–Crippen LogP) is 3.41. The Labute approximate surface area is 134 Å². The second kappa shape index (κ2) is 7.79. The van der Waals surface area contributed by atoms with Gasteiger partial charge in [0.15, 0.2) is 0 Å². The van der Waals surface area contributed by atoms with Crippen LogP contribution in [0.4, 0.5) is 4.79 Å². The molecule has 0 saturated carbocycles. The third kappa shape index (κ3) is 4.46. The quantitative estimate of drug-likeness (QED) is 0.857. The molecule has 0 aliphatic carbocycles.